The van der Waals surface area contributed by atoms with E-state index in [0.29, 0.717) is 17.0 Å². The molecule has 39 heavy (non-hydrogen) atoms. The second-order valence-electron chi connectivity index (χ2n) is 9.45. The molecule has 0 radical (unpaired) electrons. The van der Waals surface area contributed by atoms with Crippen molar-refractivity contribution in [3.05, 3.63) is 36.7 Å². The van der Waals surface area contributed by atoms with Crippen LogP contribution in [0.3, 0.4) is 0 Å². The molecule has 2 aromatic heterocycles. The first kappa shape index (κ1) is 28.7. The zero-order chi connectivity index (χ0) is 28.3. The van der Waals surface area contributed by atoms with E-state index in [1.807, 2.05) is 0 Å². The van der Waals surface area contributed by atoms with Crippen LogP contribution in [0.4, 0.5) is 11.8 Å². The number of rotatable bonds is 11. The number of para-hydroxylation sites is 1. The van der Waals surface area contributed by atoms with Gasteiger partial charge in [0.05, 0.1) is 25.1 Å². The minimum Gasteiger partial charge on any atom is -0.462 e. The van der Waals surface area contributed by atoms with Crippen molar-refractivity contribution in [2.24, 2.45) is 5.92 Å². The van der Waals surface area contributed by atoms with E-state index < -0.39 is 44.1 Å². The number of esters is 1. The first-order valence-corrected chi connectivity index (χ1v) is 14.0. The molecule has 3 heterocycles. The molecule has 14 nitrogen and oxygen atoms in total. The Morgan fingerprint density at radius 2 is 1.97 bits per heavy atom. The normalized spacial score (nSPS) is 23.5. The molecule has 1 aliphatic heterocycles. The predicted molar refractivity (Wildman–Crippen MR) is 143 cm³/mol. The van der Waals surface area contributed by atoms with Crippen LogP contribution in [0.1, 0.15) is 33.9 Å². The van der Waals surface area contributed by atoms with Crippen molar-refractivity contribution in [3.63, 3.8) is 0 Å². The van der Waals surface area contributed by atoms with Gasteiger partial charge in [0, 0.05) is 13.0 Å². The third-order valence-corrected chi connectivity index (χ3v) is 7.71. The van der Waals surface area contributed by atoms with E-state index in [-0.39, 0.29) is 24.4 Å². The quantitative estimate of drug-likeness (QED) is 0.197. The third kappa shape index (κ3) is 6.48. The zero-order valence-electron chi connectivity index (χ0n) is 22.3. The van der Waals surface area contributed by atoms with E-state index >= 15 is 0 Å². The van der Waals surface area contributed by atoms with Crippen LogP contribution >= 0.6 is 7.75 Å². The highest BCUT2D eigenvalue weighted by molar-refractivity contribution is 7.52. The van der Waals surface area contributed by atoms with Gasteiger partial charge in [-0.1, -0.05) is 25.1 Å². The van der Waals surface area contributed by atoms with Crippen molar-refractivity contribution in [2.75, 3.05) is 24.7 Å². The summed E-state index contributed by atoms with van der Waals surface area (Å²) in [5.41, 5.74) is 6.78. The predicted octanol–water partition coefficient (Wildman–Crippen LogP) is 2.48. The first-order valence-electron chi connectivity index (χ1n) is 12.5. The number of ether oxygens (including phenoxy) is 2. The molecule has 0 spiro atoms. The highest BCUT2D eigenvalue weighted by Gasteiger charge is 2.44. The molecule has 0 bridgehead atoms. The van der Waals surface area contributed by atoms with E-state index in [9.17, 15) is 14.5 Å². The molecule has 1 fully saturated rings. The van der Waals surface area contributed by atoms with E-state index in [4.69, 9.17) is 24.3 Å². The lowest BCUT2D eigenvalue weighted by Gasteiger charge is -2.25. The number of aromatic nitrogens is 4. The summed E-state index contributed by atoms with van der Waals surface area (Å²) in [6, 6.07) is 7.38. The minimum atomic E-state index is -4.14. The summed E-state index contributed by atoms with van der Waals surface area (Å²) in [6.45, 7) is 6.40. The second-order valence-corrected chi connectivity index (χ2v) is 11.1. The molecule has 3 aromatic rings. The summed E-state index contributed by atoms with van der Waals surface area (Å²) in [5.74, 6) is -0.273. The number of nitrogen functional groups attached to an aromatic ring is 1. The van der Waals surface area contributed by atoms with Crippen molar-refractivity contribution in [1.29, 1.82) is 0 Å². The highest BCUT2D eigenvalue weighted by Crippen LogP contribution is 2.46. The van der Waals surface area contributed by atoms with E-state index in [2.05, 4.69) is 25.4 Å². The van der Waals surface area contributed by atoms with Gasteiger partial charge in [-0.15, -0.1) is 0 Å². The number of imidazole rings is 1. The lowest BCUT2D eigenvalue weighted by molar-refractivity contribution is -0.149. The van der Waals surface area contributed by atoms with Crippen LogP contribution < -0.4 is 20.7 Å². The number of aliphatic hydroxyl groups excluding tert-OH is 1. The molecule has 0 unspecified atom stereocenters. The van der Waals surface area contributed by atoms with Crippen LogP contribution in [-0.2, 0) is 23.4 Å². The number of benzene rings is 1. The number of anilines is 2. The molecule has 1 aliphatic rings. The van der Waals surface area contributed by atoms with Crippen LogP contribution in [0.15, 0.2) is 36.7 Å². The molecule has 0 amide bonds. The number of nitrogens with zero attached hydrogens (tertiary/aromatic N) is 4. The smallest absolute Gasteiger partial charge is 0.459 e. The largest absolute Gasteiger partial charge is 0.462 e. The second kappa shape index (κ2) is 11.8. The maximum atomic E-state index is 13.8. The van der Waals surface area contributed by atoms with Gasteiger partial charge in [0.25, 0.3) is 0 Å². The standard InChI is InChI=1S/C24H34N7O7P/c1-13(2)36-23(33)15(4)30-39(34,38-16-9-7-6-8-10-16)35-11-17-19(32)14(3)22(37-17)31-12-27-18-20(26-5)28-24(25)29-21(18)31/h6-10,12-15,17,19,22,32H,11H2,1-5H3,(H,30,34)(H3,25,26,28,29)/t14-,15-,17+,19-,22+,39+/m0/s1. The van der Waals surface area contributed by atoms with Crippen LogP contribution in [0.5, 0.6) is 5.75 Å². The lowest BCUT2D eigenvalue weighted by atomic mass is 10.0. The molecule has 1 aromatic carbocycles. The lowest BCUT2D eigenvalue weighted by Crippen LogP contribution is -2.37. The molecular formula is C24H34N7O7P. The van der Waals surface area contributed by atoms with Crippen molar-refractivity contribution in [2.45, 2.75) is 58.3 Å². The Morgan fingerprint density at radius 3 is 2.64 bits per heavy atom. The average Bonchev–Trinajstić information content (AvgIpc) is 3.42. The fourth-order valence-corrected chi connectivity index (χ4v) is 5.65. The fourth-order valence-electron chi connectivity index (χ4n) is 4.15. The maximum absolute atomic E-state index is 13.8. The minimum absolute atomic E-state index is 0.0508. The summed E-state index contributed by atoms with van der Waals surface area (Å²) in [5, 5.41) is 16.5. The molecular weight excluding hydrogens is 529 g/mol. The Balaban J connectivity index is 1.52. The molecule has 1 saturated heterocycles. The summed E-state index contributed by atoms with van der Waals surface area (Å²) in [7, 11) is -2.44. The molecule has 4 rings (SSSR count). The van der Waals surface area contributed by atoms with E-state index in [0.717, 1.165) is 0 Å². The van der Waals surface area contributed by atoms with Gasteiger partial charge in [-0.3, -0.25) is 13.9 Å². The monoisotopic (exact) mass is 563 g/mol. The molecule has 0 aliphatic carbocycles. The SMILES string of the molecule is CNc1nc(N)nc2c1ncn2[C@@H]1O[C@H](CO[P@](=O)(N[C@@H](C)C(=O)OC(C)C)Oc2ccccc2)[C@@H](O)[C@@H]1C. The van der Waals surface area contributed by atoms with Crippen LogP contribution in [0.2, 0.25) is 0 Å². The van der Waals surface area contributed by atoms with Gasteiger partial charge in [-0.25, -0.2) is 9.55 Å². The molecule has 212 valence electrons. The summed E-state index contributed by atoms with van der Waals surface area (Å²) in [4.78, 5) is 25.2. The Labute approximate surface area is 225 Å². The van der Waals surface area contributed by atoms with Crippen molar-refractivity contribution >= 4 is 36.6 Å². The Bertz CT molecular complexity index is 1340. The summed E-state index contributed by atoms with van der Waals surface area (Å²) < 4.78 is 38.1. The average molecular weight is 564 g/mol. The Morgan fingerprint density at radius 1 is 1.26 bits per heavy atom. The topological polar surface area (TPSA) is 185 Å². The first-order chi connectivity index (χ1) is 18.5. The maximum Gasteiger partial charge on any atom is 0.459 e. The molecule has 0 saturated carbocycles. The van der Waals surface area contributed by atoms with Gasteiger partial charge >= 0.3 is 13.7 Å². The number of hydrogen-bond acceptors (Lipinski definition) is 12. The van der Waals surface area contributed by atoms with E-state index in [1.54, 1.807) is 62.7 Å². The molecule has 15 heteroatoms. The van der Waals surface area contributed by atoms with Gasteiger partial charge in [0.1, 0.15) is 24.1 Å². The number of aliphatic hydroxyl groups is 1. The van der Waals surface area contributed by atoms with Gasteiger partial charge in [-0.2, -0.15) is 15.1 Å². The van der Waals surface area contributed by atoms with Gasteiger partial charge in [-0.05, 0) is 32.9 Å². The van der Waals surface area contributed by atoms with E-state index in [1.165, 1.54) is 13.3 Å². The van der Waals surface area contributed by atoms with Crippen LogP contribution in [0.25, 0.3) is 11.2 Å². The Hall–Kier alpha value is -3.29. The number of nitrogens with two attached hydrogens (primary N) is 1. The highest BCUT2D eigenvalue weighted by atomic mass is 31.2. The fraction of sp³-hybridized carbons (Fsp3) is 0.500. The Kier molecular flexibility index (Phi) is 8.72. The number of hydrogen-bond donors (Lipinski definition) is 4. The third-order valence-electron chi connectivity index (χ3n) is 6.07. The van der Waals surface area contributed by atoms with Crippen molar-refractivity contribution < 1.29 is 33.0 Å². The number of carbonyl (C=O) groups is 1. The summed E-state index contributed by atoms with van der Waals surface area (Å²) >= 11 is 0. The molecule has 5 N–H and O–H groups in total. The number of carbonyl (C=O) groups excluding carboxylic acids is 1. The van der Waals surface area contributed by atoms with Crippen molar-refractivity contribution in [3.8, 4) is 5.75 Å². The van der Waals surface area contributed by atoms with Crippen LogP contribution in [0, 0.1) is 5.92 Å². The molecule has 6 atom stereocenters. The van der Waals surface area contributed by atoms with Gasteiger partial charge < -0.3 is 30.2 Å². The van der Waals surface area contributed by atoms with Crippen molar-refractivity contribution in [1.82, 2.24) is 24.6 Å². The van der Waals surface area contributed by atoms with Gasteiger partial charge in [0.2, 0.25) is 5.95 Å². The zero-order valence-corrected chi connectivity index (χ0v) is 23.2. The summed E-state index contributed by atoms with van der Waals surface area (Å²) in [6.07, 6.45) is -1.40. The van der Waals surface area contributed by atoms with Gasteiger partial charge in [0.15, 0.2) is 17.0 Å². The number of fused-ring (bicyclic) bond motifs is 1. The van der Waals surface area contributed by atoms with Crippen LogP contribution in [-0.4, -0.2) is 68.6 Å². The number of nitrogens with one attached hydrogen (secondary N) is 2.